The molecule has 1 rings (SSSR count). The highest BCUT2D eigenvalue weighted by Gasteiger charge is 2.08. The Hall–Kier alpha value is -0.890. The average molecular weight is 223 g/mol. The predicted molar refractivity (Wildman–Crippen MR) is 67.0 cm³/mol. The Morgan fingerprint density at radius 2 is 1.88 bits per heavy atom. The lowest BCUT2D eigenvalue weighted by molar-refractivity contribution is 0.444. The van der Waals surface area contributed by atoms with E-state index in [1.807, 2.05) is 12.1 Å². The summed E-state index contributed by atoms with van der Waals surface area (Å²) in [4.78, 5) is 0. The van der Waals surface area contributed by atoms with Crippen LogP contribution in [0.25, 0.3) is 0 Å². The Bertz CT molecular complexity index is 281. The van der Waals surface area contributed by atoms with Crippen molar-refractivity contribution in [2.75, 3.05) is 13.1 Å². The van der Waals surface area contributed by atoms with Crippen molar-refractivity contribution in [3.8, 4) is 0 Å². The Morgan fingerprint density at radius 1 is 1.19 bits per heavy atom. The molecule has 16 heavy (non-hydrogen) atoms. The van der Waals surface area contributed by atoms with Crippen molar-refractivity contribution in [1.29, 1.82) is 0 Å². The highest BCUT2D eigenvalue weighted by Crippen LogP contribution is 2.14. The Labute approximate surface area is 98.1 Å². The molecule has 1 nitrogen and oxygen atoms in total. The van der Waals surface area contributed by atoms with E-state index in [0.29, 0.717) is 5.92 Å². The van der Waals surface area contributed by atoms with E-state index in [2.05, 4.69) is 19.2 Å². The summed E-state index contributed by atoms with van der Waals surface area (Å²) < 4.78 is 12.8. The van der Waals surface area contributed by atoms with Crippen LogP contribution < -0.4 is 5.32 Å². The molecule has 0 radical (unpaired) electrons. The predicted octanol–water partition coefficient (Wildman–Crippen LogP) is 3.39. The second-order valence-corrected chi connectivity index (χ2v) is 4.29. The fourth-order valence-corrected chi connectivity index (χ4v) is 1.99. The van der Waals surface area contributed by atoms with Crippen LogP contribution in [0.4, 0.5) is 4.39 Å². The van der Waals surface area contributed by atoms with Crippen molar-refractivity contribution in [1.82, 2.24) is 5.32 Å². The van der Waals surface area contributed by atoms with E-state index in [1.165, 1.54) is 18.4 Å². The zero-order valence-corrected chi connectivity index (χ0v) is 10.3. The molecule has 1 unspecified atom stereocenters. The van der Waals surface area contributed by atoms with Crippen molar-refractivity contribution >= 4 is 0 Å². The van der Waals surface area contributed by atoms with Crippen LogP contribution in [0.5, 0.6) is 0 Å². The first-order chi connectivity index (χ1) is 7.76. The maximum atomic E-state index is 12.8. The van der Waals surface area contributed by atoms with Crippen LogP contribution in [-0.2, 0) is 6.42 Å². The summed E-state index contributed by atoms with van der Waals surface area (Å²) in [7, 11) is 0. The highest BCUT2D eigenvalue weighted by atomic mass is 19.1. The summed E-state index contributed by atoms with van der Waals surface area (Å²) >= 11 is 0. The molecule has 0 bridgehead atoms. The SMILES string of the molecule is CCCC(CNCC)Cc1ccc(F)cc1. The van der Waals surface area contributed by atoms with Crippen LogP contribution in [0, 0.1) is 11.7 Å². The zero-order valence-electron chi connectivity index (χ0n) is 10.3. The largest absolute Gasteiger partial charge is 0.317 e. The van der Waals surface area contributed by atoms with Gasteiger partial charge in [-0.1, -0.05) is 32.4 Å². The second kappa shape index (κ2) is 7.39. The molecule has 0 aliphatic carbocycles. The average Bonchev–Trinajstić information content (AvgIpc) is 2.29. The lowest BCUT2D eigenvalue weighted by atomic mass is 9.95. The lowest BCUT2D eigenvalue weighted by Gasteiger charge is -2.16. The molecule has 90 valence electrons. The molecule has 0 amide bonds. The van der Waals surface area contributed by atoms with Gasteiger partial charge in [-0.05, 0) is 49.5 Å². The van der Waals surface area contributed by atoms with Crippen LogP contribution in [0.2, 0.25) is 0 Å². The van der Waals surface area contributed by atoms with Gasteiger partial charge < -0.3 is 5.32 Å². The quantitative estimate of drug-likeness (QED) is 0.747. The van der Waals surface area contributed by atoms with Crippen LogP contribution in [0.15, 0.2) is 24.3 Å². The molecule has 0 aromatic heterocycles. The molecule has 0 fully saturated rings. The fraction of sp³-hybridized carbons (Fsp3) is 0.571. The molecule has 2 heteroatoms. The van der Waals surface area contributed by atoms with Gasteiger partial charge in [0.15, 0.2) is 0 Å². The summed E-state index contributed by atoms with van der Waals surface area (Å²) in [5, 5.41) is 3.39. The van der Waals surface area contributed by atoms with Gasteiger partial charge in [-0.3, -0.25) is 0 Å². The van der Waals surface area contributed by atoms with Gasteiger partial charge in [0.1, 0.15) is 5.82 Å². The first kappa shape index (κ1) is 13.2. The smallest absolute Gasteiger partial charge is 0.123 e. The van der Waals surface area contributed by atoms with Crippen LogP contribution in [0.3, 0.4) is 0 Å². The van der Waals surface area contributed by atoms with Gasteiger partial charge in [0.05, 0.1) is 0 Å². The maximum Gasteiger partial charge on any atom is 0.123 e. The van der Waals surface area contributed by atoms with Crippen LogP contribution >= 0.6 is 0 Å². The summed E-state index contributed by atoms with van der Waals surface area (Å²) in [5.74, 6) is 0.512. The number of hydrogen-bond donors (Lipinski definition) is 1. The van der Waals surface area contributed by atoms with Gasteiger partial charge in [-0.2, -0.15) is 0 Å². The highest BCUT2D eigenvalue weighted by molar-refractivity contribution is 5.16. The molecule has 1 aromatic carbocycles. The van der Waals surface area contributed by atoms with Gasteiger partial charge in [-0.25, -0.2) is 4.39 Å². The summed E-state index contributed by atoms with van der Waals surface area (Å²) in [6.45, 7) is 6.41. The third kappa shape index (κ3) is 4.75. The minimum absolute atomic E-state index is 0.150. The minimum atomic E-state index is -0.150. The molecule has 1 N–H and O–H groups in total. The van der Waals surface area contributed by atoms with Crippen molar-refractivity contribution in [3.05, 3.63) is 35.6 Å². The standard InChI is InChI=1S/C14H22FN/c1-3-5-13(11-16-4-2)10-12-6-8-14(15)9-7-12/h6-9,13,16H,3-5,10-11H2,1-2H3. The molecule has 1 atom stereocenters. The number of benzene rings is 1. The molecule has 0 heterocycles. The van der Waals surface area contributed by atoms with E-state index >= 15 is 0 Å². The van der Waals surface area contributed by atoms with E-state index in [0.717, 1.165) is 19.5 Å². The third-order valence-electron chi connectivity index (χ3n) is 2.82. The number of hydrogen-bond acceptors (Lipinski definition) is 1. The minimum Gasteiger partial charge on any atom is -0.317 e. The zero-order chi connectivity index (χ0) is 11.8. The molecule has 1 aromatic rings. The van der Waals surface area contributed by atoms with Crippen LogP contribution in [-0.4, -0.2) is 13.1 Å². The normalized spacial score (nSPS) is 12.7. The van der Waals surface area contributed by atoms with Crippen molar-refractivity contribution in [2.45, 2.75) is 33.1 Å². The molecular formula is C14H22FN. The maximum absolute atomic E-state index is 12.8. The van der Waals surface area contributed by atoms with Crippen LogP contribution in [0.1, 0.15) is 32.3 Å². The summed E-state index contributed by atoms with van der Waals surface area (Å²) in [6.07, 6.45) is 3.47. The van der Waals surface area contributed by atoms with Gasteiger partial charge in [0.2, 0.25) is 0 Å². The Balaban J connectivity index is 2.49. The van der Waals surface area contributed by atoms with Crippen molar-refractivity contribution < 1.29 is 4.39 Å². The lowest BCUT2D eigenvalue weighted by Crippen LogP contribution is -2.24. The van der Waals surface area contributed by atoms with Gasteiger partial charge in [0.25, 0.3) is 0 Å². The first-order valence-electron chi connectivity index (χ1n) is 6.21. The van der Waals surface area contributed by atoms with Crippen molar-refractivity contribution in [2.24, 2.45) is 5.92 Å². The number of halogens is 1. The molecule has 0 aliphatic rings. The van der Waals surface area contributed by atoms with E-state index in [-0.39, 0.29) is 5.82 Å². The van der Waals surface area contributed by atoms with Gasteiger partial charge >= 0.3 is 0 Å². The monoisotopic (exact) mass is 223 g/mol. The molecular weight excluding hydrogens is 201 g/mol. The topological polar surface area (TPSA) is 12.0 Å². The second-order valence-electron chi connectivity index (χ2n) is 4.29. The summed E-state index contributed by atoms with van der Waals surface area (Å²) in [6, 6.07) is 6.88. The van der Waals surface area contributed by atoms with E-state index in [1.54, 1.807) is 12.1 Å². The van der Waals surface area contributed by atoms with Gasteiger partial charge in [-0.15, -0.1) is 0 Å². The molecule has 0 spiro atoms. The Morgan fingerprint density at radius 3 is 2.44 bits per heavy atom. The van der Waals surface area contributed by atoms with E-state index in [9.17, 15) is 4.39 Å². The van der Waals surface area contributed by atoms with E-state index in [4.69, 9.17) is 0 Å². The molecule has 0 saturated heterocycles. The molecule has 0 saturated carbocycles. The van der Waals surface area contributed by atoms with Crippen molar-refractivity contribution in [3.63, 3.8) is 0 Å². The third-order valence-corrected chi connectivity index (χ3v) is 2.82. The Kier molecular flexibility index (Phi) is 6.09. The summed E-state index contributed by atoms with van der Waals surface area (Å²) in [5.41, 5.74) is 1.23. The molecule has 0 aliphatic heterocycles. The fourth-order valence-electron chi connectivity index (χ4n) is 1.99. The first-order valence-corrected chi connectivity index (χ1v) is 6.21. The number of nitrogens with one attached hydrogen (secondary N) is 1. The number of rotatable bonds is 7. The van der Waals surface area contributed by atoms with Gasteiger partial charge in [0, 0.05) is 0 Å². The van der Waals surface area contributed by atoms with E-state index < -0.39 is 0 Å².